The van der Waals surface area contributed by atoms with E-state index in [1.807, 2.05) is 6.41 Å². The van der Waals surface area contributed by atoms with Crippen molar-refractivity contribution in [1.29, 1.82) is 0 Å². The first-order valence-electron chi connectivity index (χ1n) is 3.80. The van der Waals surface area contributed by atoms with Crippen molar-refractivity contribution in [2.75, 3.05) is 32.8 Å². The monoisotopic (exact) mass is 412 g/mol. The van der Waals surface area contributed by atoms with Gasteiger partial charge in [0.25, 0.3) is 0 Å². The van der Waals surface area contributed by atoms with Crippen LogP contribution in [0.5, 0.6) is 0 Å². The molecule has 2 fully saturated rings. The van der Waals surface area contributed by atoms with Gasteiger partial charge in [-0.25, -0.2) is 0 Å². The van der Waals surface area contributed by atoms with Crippen molar-refractivity contribution < 1.29 is 9.53 Å². The summed E-state index contributed by atoms with van der Waals surface area (Å²) < 4.78 is 5.30. The predicted molar refractivity (Wildman–Crippen MR) is 38.8 cm³/mol. The van der Waals surface area contributed by atoms with E-state index in [4.69, 9.17) is 4.74 Å². The third-order valence-electron chi connectivity index (χ3n) is 2.24. The van der Waals surface area contributed by atoms with Crippen LogP contribution in [0.4, 0.5) is 0 Å². The molecule has 0 saturated carbocycles. The Morgan fingerprint density at radius 3 is 2.75 bits per heavy atom. The van der Waals surface area contributed by atoms with Crippen LogP contribution in [0, 0.1) is 0 Å². The summed E-state index contributed by atoms with van der Waals surface area (Å²) >= 11 is 0. The topological polar surface area (TPSA) is 41.6 Å². The van der Waals surface area contributed by atoms with Crippen LogP contribution in [0.1, 0.15) is 0 Å². The summed E-state index contributed by atoms with van der Waals surface area (Å²) in [5, 5.41) is 3.35. The molecule has 2 saturated heterocycles. The van der Waals surface area contributed by atoms with Crippen molar-refractivity contribution in [2.24, 2.45) is 0 Å². The summed E-state index contributed by atoms with van der Waals surface area (Å²) in [5.41, 5.74) is 0.0651. The number of morpholine rings is 1. The summed E-state index contributed by atoms with van der Waals surface area (Å²) in [6.07, 6.45) is 1.86. The van der Waals surface area contributed by atoms with Gasteiger partial charge >= 0.3 is 0 Å². The normalized spacial score (nSPS) is 25.8. The first-order valence-corrected chi connectivity index (χ1v) is 3.80. The molecule has 0 bridgehead atoms. The molecule has 4 nitrogen and oxygen atoms in total. The Morgan fingerprint density at radius 2 is 2.25 bits per heavy atom. The number of nitrogens with zero attached hydrogens (tertiary/aromatic N) is 1. The molecule has 2 heterocycles. The molecule has 2 aliphatic rings. The molecule has 12 heavy (non-hydrogen) atoms. The minimum atomic E-state index is 0. The van der Waals surface area contributed by atoms with E-state index in [0.29, 0.717) is 0 Å². The van der Waals surface area contributed by atoms with Crippen LogP contribution in [-0.4, -0.2) is 49.7 Å². The van der Waals surface area contributed by atoms with Gasteiger partial charge in [-0.2, -0.15) is 6.41 Å². The molecule has 0 aromatic carbocycles. The van der Waals surface area contributed by atoms with Gasteiger partial charge in [0.05, 0.1) is 18.8 Å². The average Bonchev–Trinajstić information content (AvgIpc) is 2.01. The largest absolute Gasteiger partial charge is 0.520 e. The fraction of sp³-hybridized carbons (Fsp3) is 0.857. The number of hydrogen-bond acceptors (Lipinski definition) is 3. The molecule has 74 valence electrons. The van der Waals surface area contributed by atoms with Crippen molar-refractivity contribution in [2.45, 2.75) is 5.54 Å². The number of nitrogens with one attached hydrogen (secondary N) is 1. The van der Waals surface area contributed by atoms with E-state index >= 15 is 0 Å². The summed E-state index contributed by atoms with van der Waals surface area (Å²) in [5.74, 6) is 0. The summed E-state index contributed by atoms with van der Waals surface area (Å²) in [7, 11) is 0. The molecule has 2 rings (SSSR count). The van der Waals surface area contributed by atoms with Crippen molar-refractivity contribution >= 4 is 6.41 Å². The van der Waals surface area contributed by atoms with Crippen LogP contribution >= 0.6 is 0 Å². The van der Waals surface area contributed by atoms with Crippen molar-refractivity contribution in [3.8, 4) is 0 Å². The molecule has 0 radical (unpaired) electrons. The minimum absolute atomic E-state index is 0. The maximum absolute atomic E-state index is 10.1. The minimum Gasteiger partial charge on any atom is -0.520 e. The molecule has 1 spiro atoms. The van der Waals surface area contributed by atoms with Gasteiger partial charge in [-0.15, -0.1) is 0 Å². The first kappa shape index (κ1) is 8.49. The van der Waals surface area contributed by atoms with Crippen LogP contribution < -0.4 is 5.32 Å². The maximum Gasteiger partial charge on any atom is 0.0720 e. The van der Waals surface area contributed by atoms with Gasteiger partial charge in [-0.1, -0.05) is 0 Å². The van der Waals surface area contributed by atoms with Crippen LogP contribution in [-0.2, 0) is 9.53 Å². The Morgan fingerprint density at radius 1 is 1.50 bits per heavy atom. The Labute approximate surface area is 65.5 Å². The summed E-state index contributed by atoms with van der Waals surface area (Å²) in [4.78, 5) is 11.8. The summed E-state index contributed by atoms with van der Waals surface area (Å²) in [6.45, 7) is 3.90. The van der Waals surface area contributed by atoms with E-state index in [9.17, 15) is 4.79 Å². The van der Waals surface area contributed by atoms with Gasteiger partial charge in [0.1, 0.15) is 0 Å². The number of rotatable bonds is 1. The Bertz CT molecular complexity index is 163. The van der Waals surface area contributed by atoms with Gasteiger partial charge in [0.2, 0.25) is 0 Å². The fourth-order valence-corrected chi connectivity index (χ4v) is 1.66. The van der Waals surface area contributed by atoms with E-state index in [-0.39, 0.29) is 5.54 Å². The third kappa shape index (κ3) is 1.10. The van der Waals surface area contributed by atoms with Crippen LogP contribution in [0.15, 0.2) is 0 Å². The Kier molecular flexibility index (Phi) is 1.97. The Balaban J connectivity index is 0.000000720. The second kappa shape index (κ2) is 2.79. The molecule has 2 aliphatic heterocycles. The molecule has 1 N–H and O–H groups in total. The zero-order chi connectivity index (χ0) is 7.73. The van der Waals surface area contributed by atoms with Crippen LogP contribution in [0.3, 0.4) is 0 Å². The van der Waals surface area contributed by atoms with Crippen molar-refractivity contribution in [3.63, 3.8) is 0 Å². The second-order valence-electron chi connectivity index (χ2n) is 3.21. The van der Waals surface area contributed by atoms with Gasteiger partial charge < -0.3 is 19.7 Å². The average molecular weight is 412 g/mol. The molecule has 0 unspecified atom stereocenters. The number of hydrogen-bond donors (Lipinski definition) is 1. The predicted octanol–water partition coefficient (Wildman–Crippen LogP) is -1.27. The fourth-order valence-electron chi connectivity index (χ4n) is 1.66. The quantitative estimate of drug-likeness (QED) is 0.547. The molecule has 0 aliphatic carbocycles. The number of likely N-dealkylation sites (tertiary alicyclic amines) is 1. The van der Waals surface area contributed by atoms with Gasteiger partial charge in [0.15, 0.2) is 0 Å². The van der Waals surface area contributed by atoms with Crippen LogP contribution in [0.2, 0.25) is 0 Å². The van der Waals surface area contributed by atoms with Crippen LogP contribution in [0.25, 0.3) is 0 Å². The third-order valence-corrected chi connectivity index (χ3v) is 2.24. The zero-order valence-corrected chi connectivity index (χ0v) is 8.99. The molecule has 0 aromatic heterocycles. The standard InChI is InChI=1S/C7H11N2O2.Fm/c10-6-9-3-7(4-9)5-11-2-1-8-7;/h8H,1-5H2;/q-1;. The van der Waals surface area contributed by atoms with Crippen molar-refractivity contribution in [3.05, 3.63) is 0 Å². The number of amides is 1. The van der Waals surface area contributed by atoms with E-state index in [1.54, 1.807) is 4.90 Å². The Hall–Kier alpha value is -1.61. The van der Waals surface area contributed by atoms with E-state index in [2.05, 4.69) is 5.32 Å². The molecular formula is C7H11FmN2O2-. The SMILES string of the molecule is O=[C-]N1CC2(COCCN2)C1.[Fm]. The number of ether oxygens (including phenoxy) is 1. The molecule has 1 amide bonds. The smallest absolute Gasteiger partial charge is 0.0720 e. The van der Waals surface area contributed by atoms with E-state index in [0.717, 1.165) is 32.8 Å². The molecular weight excluding hydrogens is 401 g/mol. The molecule has 0 aromatic rings. The van der Waals surface area contributed by atoms with Gasteiger partial charge in [0, 0.05) is 19.6 Å². The maximum atomic E-state index is 10.1. The first-order chi connectivity index (χ1) is 5.35. The molecule has 0 atom stereocenters. The van der Waals surface area contributed by atoms with E-state index < -0.39 is 0 Å². The van der Waals surface area contributed by atoms with Gasteiger partial charge in [-0.3, -0.25) is 0 Å². The zero-order valence-electron chi connectivity index (χ0n) is 6.59. The van der Waals surface area contributed by atoms with Gasteiger partial charge in [-0.05, 0) is 0 Å². The van der Waals surface area contributed by atoms with E-state index in [1.165, 1.54) is 0 Å². The van der Waals surface area contributed by atoms with Crippen molar-refractivity contribution in [1.82, 2.24) is 10.2 Å². The number of carbonyl (C=O) groups excluding carboxylic acids is 1. The summed E-state index contributed by atoms with van der Waals surface area (Å²) in [6, 6.07) is 0. The second-order valence-corrected chi connectivity index (χ2v) is 3.21. The molecule has 5 heteroatoms.